The number of para-hydroxylation sites is 1. The molecule has 27 heavy (non-hydrogen) atoms. The average molecular weight is 358 g/mol. The van der Waals surface area contributed by atoms with E-state index in [2.05, 4.69) is 21.7 Å². The van der Waals surface area contributed by atoms with Gasteiger partial charge in [0.15, 0.2) is 0 Å². The summed E-state index contributed by atoms with van der Waals surface area (Å²) in [6.45, 7) is 1.99. The number of nitriles is 1. The molecule has 0 radical (unpaired) electrons. The van der Waals surface area contributed by atoms with Crippen molar-refractivity contribution in [2.45, 2.75) is 6.92 Å². The van der Waals surface area contributed by atoms with Crippen LogP contribution < -0.4 is 15.4 Å². The Hall–Kier alpha value is -3.85. The number of methoxy groups -OCH3 is 1. The van der Waals surface area contributed by atoms with Crippen molar-refractivity contribution >= 4 is 23.0 Å². The van der Waals surface area contributed by atoms with E-state index < -0.39 is 0 Å². The van der Waals surface area contributed by atoms with Gasteiger partial charge in [0.2, 0.25) is 0 Å². The highest BCUT2D eigenvalue weighted by Crippen LogP contribution is 2.28. The number of aryl methyl sites for hydroxylation is 1. The lowest BCUT2D eigenvalue weighted by atomic mass is 10.1. The third-order valence-electron chi connectivity index (χ3n) is 3.93. The van der Waals surface area contributed by atoms with Crippen LogP contribution in [0.5, 0.6) is 5.75 Å². The normalized spacial score (nSPS) is 9.96. The van der Waals surface area contributed by atoms with E-state index in [1.807, 2.05) is 25.1 Å². The fourth-order valence-corrected chi connectivity index (χ4v) is 2.59. The van der Waals surface area contributed by atoms with Gasteiger partial charge in [-0.2, -0.15) is 5.26 Å². The molecule has 1 heterocycles. The lowest BCUT2D eigenvalue weighted by molar-refractivity contribution is 0.102. The molecule has 0 saturated carbocycles. The predicted octanol–water partition coefficient (Wildman–Crippen LogP) is 4.27. The number of hydrogen-bond donors (Lipinski definition) is 2. The largest absolute Gasteiger partial charge is 0.495 e. The highest BCUT2D eigenvalue weighted by molar-refractivity contribution is 6.05. The molecule has 2 N–H and O–H groups in total. The Kier molecular flexibility index (Phi) is 5.33. The van der Waals surface area contributed by atoms with E-state index >= 15 is 0 Å². The van der Waals surface area contributed by atoms with E-state index in [0.29, 0.717) is 28.3 Å². The first kappa shape index (κ1) is 18.0. The number of benzene rings is 2. The van der Waals surface area contributed by atoms with Crippen LogP contribution in [0.15, 0.2) is 60.9 Å². The highest BCUT2D eigenvalue weighted by Gasteiger charge is 2.11. The number of ether oxygens (including phenoxy) is 1. The first-order valence-electron chi connectivity index (χ1n) is 8.28. The zero-order valence-electron chi connectivity index (χ0n) is 15.0. The summed E-state index contributed by atoms with van der Waals surface area (Å²) in [5.41, 5.74) is 3.75. The summed E-state index contributed by atoms with van der Waals surface area (Å²) in [6, 6.07) is 16.4. The minimum absolute atomic E-state index is 0.343. The second kappa shape index (κ2) is 8.02. The quantitative estimate of drug-likeness (QED) is 0.711. The summed E-state index contributed by atoms with van der Waals surface area (Å²) in [5, 5.41) is 15.1. The number of pyridine rings is 1. The minimum Gasteiger partial charge on any atom is -0.495 e. The van der Waals surface area contributed by atoms with Crippen molar-refractivity contribution in [3.63, 3.8) is 0 Å². The van der Waals surface area contributed by atoms with Gasteiger partial charge in [-0.05, 0) is 42.8 Å². The van der Waals surface area contributed by atoms with Crippen LogP contribution in [-0.2, 0) is 0 Å². The van der Waals surface area contributed by atoms with E-state index in [9.17, 15) is 4.79 Å². The van der Waals surface area contributed by atoms with E-state index in [-0.39, 0.29) is 5.91 Å². The molecule has 1 amide bonds. The fourth-order valence-electron chi connectivity index (χ4n) is 2.59. The van der Waals surface area contributed by atoms with E-state index in [0.717, 1.165) is 11.3 Å². The predicted molar refractivity (Wildman–Crippen MR) is 104 cm³/mol. The van der Waals surface area contributed by atoms with Crippen LogP contribution in [0, 0.1) is 18.3 Å². The standard InChI is InChI=1S/C21H18N4O2/c1-14-7-8-20(27-2)19(9-14)24-17-10-16(12-23-13-17)21(26)25-18-6-4-3-5-15(18)11-22/h3-10,12-13,24H,1-2H3,(H,25,26). The number of amides is 1. The molecule has 134 valence electrons. The molecule has 0 aliphatic heterocycles. The Morgan fingerprint density at radius 3 is 2.70 bits per heavy atom. The minimum atomic E-state index is -0.343. The van der Waals surface area contributed by atoms with E-state index in [4.69, 9.17) is 10.00 Å². The van der Waals surface area contributed by atoms with Crippen molar-refractivity contribution in [3.05, 3.63) is 77.6 Å². The molecule has 0 bridgehead atoms. The Balaban J connectivity index is 1.82. The number of anilines is 3. The number of nitrogens with one attached hydrogen (secondary N) is 2. The second-order valence-electron chi connectivity index (χ2n) is 5.90. The number of carbonyl (C=O) groups is 1. The maximum Gasteiger partial charge on any atom is 0.257 e. The molecule has 0 aliphatic rings. The van der Waals surface area contributed by atoms with Gasteiger partial charge in [-0.25, -0.2) is 0 Å². The summed E-state index contributed by atoms with van der Waals surface area (Å²) in [4.78, 5) is 16.7. The van der Waals surface area contributed by atoms with Gasteiger partial charge in [0.25, 0.3) is 5.91 Å². The topological polar surface area (TPSA) is 87.0 Å². The zero-order chi connectivity index (χ0) is 19.2. The van der Waals surface area contributed by atoms with Crippen molar-refractivity contribution in [1.29, 1.82) is 5.26 Å². The van der Waals surface area contributed by atoms with Crippen LogP contribution in [0.3, 0.4) is 0 Å². The molecule has 0 aliphatic carbocycles. The lowest BCUT2D eigenvalue weighted by Crippen LogP contribution is -2.13. The lowest BCUT2D eigenvalue weighted by Gasteiger charge is -2.13. The summed E-state index contributed by atoms with van der Waals surface area (Å²) < 4.78 is 5.36. The summed E-state index contributed by atoms with van der Waals surface area (Å²) in [7, 11) is 1.60. The molecule has 0 saturated heterocycles. The van der Waals surface area contributed by atoms with Crippen molar-refractivity contribution in [1.82, 2.24) is 4.98 Å². The summed E-state index contributed by atoms with van der Waals surface area (Å²) in [5.74, 6) is 0.350. The van der Waals surface area contributed by atoms with E-state index in [1.165, 1.54) is 6.20 Å². The van der Waals surface area contributed by atoms with Gasteiger partial charge in [-0.3, -0.25) is 9.78 Å². The van der Waals surface area contributed by atoms with E-state index in [1.54, 1.807) is 43.6 Å². The molecule has 2 aromatic carbocycles. The third kappa shape index (κ3) is 4.22. The maximum absolute atomic E-state index is 12.6. The van der Waals surface area contributed by atoms with Gasteiger partial charge < -0.3 is 15.4 Å². The molecule has 0 spiro atoms. The highest BCUT2D eigenvalue weighted by atomic mass is 16.5. The molecule has 6 nitrogen and oxygen atoms in total. The zero-order valence-corrected chi connectivity index (χ0v) is 15.0. The number of aromatic nitrogens is 1. The van der Waals surface area contributed by atoms with Crippen LogP contribution in [0.1, 0.15) is 21.5 Å². The number of nitrogens with zero attached hydrogens (tertiary/aromatic N) is 2. The molecule has 1 aromatic heterocycles. The van der Waals surface area contributed by atoms with Crippen LogP contribution in [0.25, 0.3) is 0 Å². The van der Waals surface area contributed by atoms with Crippen molar-refractivity contribution in [2.24, 2.45) is 0 Å². The average Bonchev–Trinajstić information content (AvgIpc) is 2.69. The first-order chi connectivity index (χ1) is 13.1. The van der Waals surface area contributed by atoms with Crippen molar-refractivity contribution in [2.75, 3.05) is 17.7 Å². The molecule has 3 aromatic rings. The smallest absolute Gasteiger partial charge is 0.257 e. The molecule has 6 heteroatoms. The van der Waals surface area contributed by atoms with Gasteiger partial charge in [0.05, 0.1) is 41.5 Å². The van der Waals surface area contributed by atoms with Gasteiger partial charge in [-0.15, -0.1) is 0 Å². The van der Waals surface area contributed by atoms with Crippen molar-refractivity contribution in [3.8, 4) is 11.8 Å². The Morgan fingerprint density at radius 2 is 1.93 bits per heavy atom. The molecular weight excluding hydrogens is 340 g/mol. The second-order valence-corrected chi connectivity index (χ2v) is 5.90. The van der Waals surface area contributed by atoms with Gasteiger partial charge in [-0.1, -0.05) is 18.2 Å². The number of carbonyl (C=O) groups excluding carboxylic acids is 1. The molecular formula is C21H18N4O2. The Morgan fingerprint density at radius 1 is 1.11 bits per heavy atom. The number of hydrogen-bond acceptors (Lipinski definition) is 5. The molecule has 0 fully saturated rings. The first-order valence-corrected chi connectivity index (χ1v) is 8.28. The third-order valence-corrected chi connectivity index (χ3v) is 3.93. The van der Waals surface area contributed by atoms with Crippen LogP contribution >= 0.6 is 0 Å². The van der Waals surface area contributed by atoms with Crippen LogP contribution in [0.2, 0.25) is 0 Å². The molecule has 3 rings (SSSR count). The molecule has 0 atom stereocenters. The maximum atomic E-state index is 12.6. The monoisotopic (exact) mass is 358 g/mol. The molecule has 0 unspecified atom stereocenters. The summed E-state index contributed by atoms with van der Waals surface area (Å²) in [6.07, 6.45) is 3.10. The Bertz CT molecular complexity index is 1020. The van der Waals surface area contributed by atoms with Crippen molar-refractivity contribution < 1.29 is 9.53 Å². The van der Waals surface area contributed by atoms with Gasteiger partial charge >= 0.3 is 0 Å². The Labute approximate surface area is 157 Å². The summed E-state index contributed by atoms with van der Waals surface area (Å²) >= 11 is 0. The number of rotatable bonds is 5. The van der Waals surface area contributed by atoms with Crippen LogP contribution in [0.4, 0.5) is 17.1 Å². The fraction of sp³-hybridized carbons (Fsp3) is 0.0952. The van der Waals surface area contributed by atoms with Gasteiger partial charge in [0.1, 0.15) is 11.8 Å². The SMILES string of the molecule is COc1ccc(C)cc1Nc1cncc(C(=O)Nc2ccccc2C#N)c1. The van der Waals surface area contributed by atoms with Crippen LogP contribution in [-0.4, -0.2) is 18.0 Å². The van der Waals surface area contributed by atoms with Gasteiger partial charge in [0, 0.05) is 6.20 Å².